The highest BCUT2D eigenvalue weighted by Gasteiger charge is 2.05. The first-order valence-corrected chi connectivity index (χ1v) is 5.19. The summed E-state index contributed by atoms with van der Waals surface area (Å²) in [6, 6.07) is 7.72. The fraction of sp³-hybridized carbons (Fsp3) is 0.300. The van der Waals surface area contributed by atoms with E-state index in [1.807, 2.05) is 32.0 Å². The number of halogens is 1. The van der Waals surface area contributed by atoms with E-state index in [1.165, 1.54) is 0 Å². The van der Waals surface area contributed by atoms with Crippen molar-refractivity contribution in [3.05, 3.63) is 29.3 Å². The van der Waals surface area contributed by atoms with Crippen molar-refractivity contribution in [3.8, 4) is 11.8 Å². The summed E-state index contributed by atoms with van der Waals surface area (Å²) in [5.41, 5.74) is 1.67. The molecular formula is C10H10INO. The summed E-state index contributed by atoms with van der Waals surface area (Å²) in [6.45, 7) is 3.89. The Bertz CT molecular complexity index is 341. The lowest BCUT2D eigenvalue weighted by Crippen LogP contribution is -2.03. The third-order valence-electron chi connectivity index (χ3n) is 1.54. The van der Waals surface area contributed by atoms with Gasteiger partial charge in [-0.1, -0.05) is 6.07 Å². The van der Waals surface area contributed by atoms with E-state index in [2.05, 4.69) is 28.7 Å². The Morgan fingerprint density at radius 3 is 2.77 bits per heavy atom. The lowest BCUT2D eigenvalue weighted by atomic mass is 10.1. The van der Waals surface area contributed by atoms with E-state index in [0.717, 1.165) is 5.56 Å². The maximum Gasteiger partial charge on any atom is 0.146 e. The van der Waals surface area contributed by atoms with Crippen LogP contribution in [-0.2, 0) is 0 Å². The monoisotopic (exact) mass is 287 g/mol. The van der Waals surface area contributed by atoms with Gasteiger partial charge in [0.2, 0.25) is 0 Å². The average Bonchev–Trinajstić information content (AvgIpc) is 2.07. The van der Waals surface area contributed by atoms with Crippen LogP contribution in [-0.4, -0.2) is 4.11 Å². The minimum Gasteiger partial charge on any atom is -0.479 e. The molecule has 0 spiro atoms. The smallest absolute Gasteiger partial charge is 0.146 e. The van der Waals surface area contributed by atoms with E-state index >= 15 is 0 Å². The predicted molar refractivity (Wildman–Crippen MR) is 60.0 cm³/mol. The largest absolute Gasteiger partial charge is 0.479 e. The normalized spacial score (nSPS) is 11.8. The minimum absolute atomic E-state index is 0.0763. The maximum atomic E-state index is 8.82. The average molecular weight is 287 g/mol. The van der Waals surface area contributed by atoms with Gasteiger partial charge < -0.3 is 4.74 Å². The minimum atomic E-state index is 0.0763. The molecule has 0 heterocycles. The molecule has 1 aromatic carbocycles. The van der Waals surface area contributed by atoms with Gasteiger partial charge in [0.05, 0.1) is 5.56 Å². The lowest BCUT2D eigenvalue weighted by molar-refractivity contribution is 0.321. The number of ether oxygens (including phenoxy) is 1. The van der Waals surface area contributed by atoms with Crippen molar-refractivity contribution in [1.29, 1.82) is 5.26 Å². The highest BCUT2D eigenvalue weighted by molar-refractivity contribution is 14.1. The summed E-state index contributed by atoms with van der Waals surface area (Å²) in [4.78, 5) is 0. The summed E-state index contributed by atoms with van der Waals surface area (Å²) in [6.07, 6.45) is 0. The number of benzene rings is 1. The number of nitriles is 1. The van der Waals surface area contributed by atoms with Crippen LogP contribution < -0.4 is 4.74 Å². The molecular weight excluding hydrogens is 277 g/mol. The van der Waals surface area contributed by atoms with Crippen LogP contribution in [0.25, 0.3) is 0 Å². The van der Waals surface area contributed by atoms with Crippen LogP contribution in [0.1, 0.15) is 18.1 Å². The van der Waals surface area contributed by atoms with Gasteiger partial charge in [0, 0.05) is 0 Å². The van der Waals surface area contributed by atoms with Crippen LogP contribution >= 0.6 is 22.6 Å². The van der Waals surface area contributed by atoms with E-state index in [4.69, 9.17) is 10.00 Å². The van der Waals surface area contributed by atoms with Crippen LogP contribution in [0.15, 0.2) is 18.2 Å². The first-order valence-electron chi connectivity index (χ1n) is 3.95. The van der Waals surface area contributed by atoms with Crippen molar-refractivity contribution in [3.63, 3.8) is 0 Å². The SMILES string of the molecule is Cc1ccc(OC(C)I)c(C#N)c1. The van der Waals surface area contributed by atoms with Gasteiger partial charge in [0.25, 0.3) is 0 Å². The summed E-state index contributed by atoms with van der Waals surface area (Å²) < 4.78 is 5.53. The zero-order valence-electron chi connectivity index (χ0n) is 7.54. The molecule has 1 unspecified atom stereocenters. The van der Waals surface area contributed by atoms with Gasteiger partial charge in [-0.25, -0.2) is 0 Å². The van der Waals surface area contributed by atoms with Gasteiger partial charge in [0.1, 0.15) is 15.9 Å². The van der Waals surface area contributed by atoms with Crippen molar-refractivity contribution in [2.75, 3.05) is 0 Å². The second-order valence-electron chi connectivity index (χ2n) is 2.77. The molecule has 1 rings (SSSR count). The molecule has 0 saturated carbocycles. The topological polar surface area (TPSA) is 33.0 Å². The highest BCUT2D eigenvalue weighted by Crippen LogP contribution is 2.21. The van der Waals surface area contributed by atoms with Crippen molar-refractivity contribution >= 4 is 22.6 Å². The van der Waals surface area contributed by atoms with Crippen LogP contribution in [0.3, 0.4) is 0 Å². The van der Waals surface area contributed by atoms with Crippen molar-refractivity contribution in [2.24, 2.45) is 0 Å². The lowest BCUT2D eigenvalue weighted by Gasteiger charge is -2.09. The molecule has 68 valence electrons. The first kappa shape index (κ1) is 10.3. The molecule has 0 saturated heterocycles. The molecule has 3 heteroatoms. The van der Waals surface area contributed by atoms with Gasteiger partial charge in [-0.2, -0.15) is 5.26 Å². The molecule has 0 aliphatic heterocycles. The summed E-state index contributed by atoms with van der Waals surface area (Å²) in [5.74, 6) is 0.662. The number of hydrogen-bond donors (Lipinski definition) is 0. The fourth-order valence-electron chi connectivity index (χ4n) is 1.01. The van der Waals surface area contributed by atoms with Gasteiger partial charge in [-0.15, -0.1) is 0 Å². The molecule has 2 nitrogen and oxygen atoms in total. The second-order valence-corrected chi connectivity index (χ2v) is 4.53. The van der Waals surface area contributed by atoms with Crippen LogP contribution in [0.4, 0.5) is 0 Å². The molecule has 1 aromatic rings. The Balaban J connectivity index is 3.01. The fourth-order valence-corrected chi connectivity index (χ4v) is 1.28. The van der Waals surface area contributed by atoms with Gasteiger partial charge in [-0.05, 0) is 54.1 Å². The predicted octanol–water partition coefficient (Wildman–Crippen LogP) is 3.03. The molecule has 0 fully saturated rings. The zero-order chi connectivity index (χ0) is 9.84. The van der Waals surface area contributed by atoms with E-state index in [1.54, 1.807) is 0 Å². The Morgan fingerprint density at radius 1 is 1.54 bits per heavy atom. The van der Waals surface area contributed by atoms with Crippen molar-refractivity contribution in [2.45, 2.75) is 18.0 Å². The molecule has 13 heavy (non-hydrogen) atoms. The number of alkyl halides is 1. The van der Waals surface area contributed by atoms with E-state index < -0.39 is 0 Å². The van der Waals surface area contributed by atoms with E-state index in [-0.39, 0.29) is 4.11 Å². The number of hydrogen-bond acceptors (Lipinski definition) is 2. The summed E-state index contributed by atoms with van der Waals surface area (Å²) in [5, 5.41) is 8.82. The quantitative estimate of drug-likeness (QED) is 0.618. The molecule has 1 atom stereocenters. The molecule has 0 aliphatic rings. The molecule has 0 amide bonds. The van der Waals surface area contributed by atoms with Crippen LogP contribution in [0.5, 0.6) is 5.75 Å². The van der Waals surface area contributed by atoms with Crippen molar-refractivity contribution in [1.82, 2.24) is 0 Å². The third kappa shape index (κ3) is 2.88. The van der Waals surface area contributed by atoms with Crippen LogP contribution in [0, 0.1) is 18.3 Å². The number of aryl methyl sites for hydroxylation is 1. The summed E-state index contributed by atoms with van der Waals surface area (Å²) >= 11 is 2.16. The Kier molecular flexibility index (Phi) is 3.55. The highest BCUT2D eigenvalue weighted by atomic mass is 127. The van der Waals surface area contributed by atoms with Gasteiger partial charge in [-0.3, -0.25) is 0 Å². The zero-order valence-corrected chi connectivity index (χ0v) is 9.70. The van der Waals surface area contributed by atoms with Gasteiger partial charge >= 0.3 is 0 Å². The number of nitrogens with zero attached hydrogens (tertiary/aromatic N) is 1. The number of rotatable bonds is 2. The Labute approximate surface area is 91.7 Å². The Hall–Kier alpha value is -0.760. The van der Waals surface area contributed by atoms with E-state index in [9.17, 15) is 0 Å². The first-order chi connectivity index (χ1) is 6.13. The van der Waals surface area contributed by atoms with E-state index in [0.29, 0.717) is 11.3 Å². The van der Waals surface area contributed by atoms with Crippen molar-refractivity contribution < 1.29 is 4.74 Å². The molecule has 0 N–H and O–H groups in total. The van der Waals surface area contributed by atoms with Crippen LogP contribution in [0.2, 0.25) is 0 Å². The molecule has 0 aromatic heterocycles. The summed E-state index contributed by atoms with van der Waals surface area (Å²) in [7, 11) is 0. The standard InChI is InChI=1S/C10H10INO/c1-7-3-4-10(13-8(2)11)9(5-7)6-12/h3-5,8H,1-2H3. The molecule has 0 aliphatic carbocycles. The molecule has 0 radical (unpaired) electrons. The van der Waals surface area contributed by atoms with Gasteiger partial charge in [0.15, 0.2) is 0 Å². The second kappa shape index (κ2) is 4.47. The maximum absolute atomic E-state index is 8.82. The third-order valence-corrected chi connectivity index (χ3v) is 1.80. The molecule has 0 bridgehead atoms. The Morgan fingerprint density at radius 2 is 2.23 bits per heavy atom.